The molecule has 3 rings (SSSR count). The number of hydrogen-bond donors (Lipinski definition) is 1. The number of nitrogens with one attached hydrogen (secondary N) is 1. The monoisotopic (exact) mass is 258 g/mol. The van der Waals surface area contributed by atoms with Gasteiger partial charge in [-0.3, -0.25) is 0 Å². The molecule has 0 unspecified atom stereocenters. The van der Waals surface area contributed by atoms with Crippen molar-refractivity contribution in [3.05, 3.63) is 35.5 Å². The number of aromatic amines is 1. The van der Waals surface area contributed by atoms with Crippen LogP contribution in [-0.4, -0.2) is 36.3 Å². The quantitative estimate of drug-likeness (QED) is 0.835. The van der Waals surface area contributed by atoms with Gasteiger partial charge in [0.15, 0.2) is 0 Å². The standard InChI is InChI=1S/C15H19N2P/c1-17-7-6-11(9-17)13-8-16-14-5-3-4-12(10-18-2)15(13)14/h3-5,8,11,16H,2,6-7,9-10H2,1H3/t11-/m0/s1. The Hall–Kier alpha value is -1.11. The molecule has 3 heteroatoms. The van der Waals surface area contributed by atoms with Crippen molar-refractivity contribution < 1.29 is 0 Å². The van der Waals surface area contributed by atoms with Gasteiger partial charge in [-0.2, -0.15) is 0 Å². The number of aromatic nitrogens is 1. The lowest BCUT2D eigenvalue weighted by atomic mass is 9.95. The summed E-state index contributed by atoms with van der Waals surface area (Å²) >= 11 is 0. The molecule has 0 saturated carbocycles. The molecule has 1 aromatic carbocycles. The number of likely N-dealkylation sites (tertiary alicyclic amines) is 1. The van der Waals surface area contributed by atoms with E-state index in [-0.39, 0.29) is 0 Å². The molecule has 2 nitrogen and oxygen atoms in total. The van der Waals surface area contributed by atoms with Crippen LogP contribution in [0.25, 0.3) is 10.9 Å². The van der Waals surface area contributed by atoms with E-state index in [9.17, 15) is 0 Å². The molecule has 0 spiro atoms. The zero-order valence-corrected chi connectivity index (χ0v) is 11.7. The average Bonchev–Trinajstić information content (AvgIpc) is 2.96. The first-order chi connectivity index (χ1) is 8.79. The Morgan fingerprint density at radius 3 is 3.11 bits per heavy atom. The highest BCUT2D eigenvalue weighted by Gasteiger charge is 2.24. The van der Waals surface area contributed by atoms with Crippen LogP contribution in [0.1, 0.15) is 23.5 Å². The molecular weight excluding hydrogens is 239 g/mol. The van der Waals surface area contributed by atoms with E-state index in [1.54, 1.807) is 0 Å². The first-order valence-electron chi connectivity index (χ1n) is 6.49. The Bertz CT molecular complexity index is 573. The zero-order valence-electron chi connectivity index (χ0n) is 10.8. The highest BCUT2D eigenvalue weighted by Crippen LogP contribution is 2.34. The number of nitrogens with zero attached hydrogens (tertiary/aromatic N) is 1. The molecule has 1 aliphatic heterocycles. The molecular formula is C15H19N2P. The van der Waals surface area contributed by atoms with Crippen LogP contribution in [0.2, 0.25) is 0 Å². The Kier molecular flexibility index (Phi) is 3.23. The van der Waals surface area contributed by atoms with Crippen molar-refractivity contribution in [2.24, 2.45) is 0 Å². The molecule has 1 atom stereocenters. The fraction of sp³-hybridized carbons (Fsp3) is 0.400. The third-order valence-electron chi connectivity index (χ3n) is 3.94. The van der Waals surface area contributed by atoms with E-state index < -0.39 is 0 Å². The molecule has 2 aromatic rings. The minimum atomic E-state index is 0.686. The minimum absolute atomic E-state index is 0.686. The summed E-state index contributed by atoms with van der Waals surface area (Å²) in [6.45, 7) is 2.40. The number of rotatable bonds is 3. The normalized spacial score (nSPS) is 21.1. The number of hydrogen-bond acceptors (Lipinski definition) is 1. The minimum Gasteiger partial charge on any atom is -0.361 e. The predicted octanol–water partition coefficient (Wildman–Crippen LogP) is 3.47. The first-order valence-corrected chi connectivity index (χ1v) is 7.76. The van der Waals surface area contributed by atoms with E-state index in [0.717, 1.165) is 6.16 Å². The van der Waals surface area contributed by atoms with Crippen LogP contribution in [0.5, 0.6) is 0 Å². The summed E-state index contributed by atoms with van der Waals surface area (Å²) < 4.78 is 0. The van der Waals surface area contributed by atoms with E-state index in [2.05, 4.69) is 47.6 Å². The van der Waals surface area contributed by atoms with Gasteiger partial charge in [-0.05, 0) is 43.1 Å². The third-order valence-corrected chi connectivity index (χ3v) is 4.50. The molecule has 1 saturated heterocycles. The van der Waals surface area contributed by atoms with Crippen molar-refractivity contribution in [2.45, 2.75) is 18.5 Å². The van der Waals surface area contributed by atoms with Crippen molar-refractivity contribution >= 4 is 25.4 Å². The van der Waals surface area contributed by atoms with Crippen LogP contribution in [0.4, 0.5) is 0 Å². The summed E-state index contributed by atoms with van der Waals surface area (Å²) in [5, 5.41) is 1.45. The first kappa shape index (κ1) is 12.0. The summed E-state index contributed by atoms with van der Waals surface area (Å²) in [6.07, 6.45) is 8.51. The highest BCUT2D eigenvalue weighted by molar-refractivity contribution is 7.35. The van der Waals surface area contributed by atoms with Gasteiger partial charge in [-0.25, -0.2) is 0 Å². The van der Waals surface area contributed by atoms with Gasteiger partial charge in [0.1, 0.15) is 0 Å². The molecule has 94 valence electrons. The maximum absolute atomic E-state index is 3.97. The third kappa shape index (κ3) is 2.00. The largest absolute Gasteiger partial charge is 0.361 e. The van der Waals surface area contributed by atoms with E-state index in [1.165, 1.54) is 49.7 Å². The van der Waals surface area contributed by atoms with Gasteiger partial charge >= 0.3 is 0 Å². The summed E-state index contributed by atoms with van der Waals surface area (Å²) in [7, 11) is 3.41. The Morgan fingerprint density at radius 2 is 2.39 bits per heavy atom. The SMILES string of the molecule is C=PCc1cccc2[nH]cc([C@H]3CCN(C)C3)c12. The fourth-order valence-corrected chi connectivity index (χ4v) is 3.56. The van der Waals surface area contributed by atoms with Crippen LogP contribution in [-0.2, 0) is 6.16 Å². The van der Waals surface area contributed by atoms with Crippen LogP contribution in [0.3, 0.4) is 0 Å². The second-order valence-electron chi connectivity index (χ2n) is 5.21. The van der Waals surface area contributed by atoms with Crippen molar-refractivity contribution in [1.29, 1.82) is 0 Å². The molecule has 1 aliphatic rings. The zero-order chi connectivity index (χ0) is 12.5. The van der Waals surface area contributed by atoms with Crippen molar-refractivity contribution in [2.75, 3.05) is 20.1 Å². The van der Waals surface area contributed by atoms with Gasteiger partial charge in [-0.15, -0.1) is 8.20 Å². The summed E-state index contributed by atoms with van der Waals surface area (Å²) in [4.78, 5) is 5.86. The molecule has 0 aliphatic carbocycles. The lowest BCUT2D eigenvalue weighted by molar-refractivity contribution is 0.412. The summed E-state index contributed by atoms with van der Waals surface area (Å²) in [5.74, 6) is 0.686. The van der Waals surface area contributed by atoms with E-state index in [1.807, 2.05) is 0 Å². The average molecular weight is 258 g/mol. The summed E-state index contributed by atoms with van der Waals surface area (Å²) in [6, 6.07) is 6.57. The van der Waals surface area contributed by atoms with Gasteiger partial charge in [-0.1, -0.05) is 18.4 Å². The lowest BCUT2D eigenvalue weighted by Gasteiger charge is -2.11. The molecule has 1 aromatic heterocycles. The summed E-state index contributed by atoms with van der Waals surface area (Å²) in [5.41, 5.74) is 4.23. The fourth-order valence-electron chi connectivity index (χ4n) is 3.05. The number of H-pyrrole nitrogens is 1. The molecule has 18 heavy (non-hydrogen) atoms. The van der Waals surface area contributed by atoms with Gasteiger partial charge in [0.2, 0.25) is 0 Å². The maximum Gasteiger partial charge on any atom is 0.0459 e. The molecule has 0 amide bonds. The van der Waals surface area contributed by atoms with Gasteiger partial charge < -0.3 is 9.88 Å². The topological polar surface area (TPSA) is 19.0 Å². The maximum atomic E-state index is 3.97. The van der Waals surface area contributed by atoms with Crippen LogP contribution in [0.15, 0.2) is 24.4 Å². The van der Waals surface area contributed by atoms with E-state index in [0.29, 0.717) is 5.92 Å². The molecule has 0 radical (unpaired) electrons. The molecule has 1 N–H and O–H groups in total. The van der Waals surface area contributed by atoms with Crippen LogP contribution < -0.4 is 0 Å². The van der Waals surface area contributed by atoms with Gasteiger partial charge in [0, 0.05) is 29.8 Å². The second-order valence-corrected chi connectivity index (χ2v) is 5.98. The smallest absolute Gasteiger partial charge is 0.0459 e. The lowest BCUT2D eigenvalue weighted by Crippen LogP contribution is -2.13. The predicted molar refractivity (Wildman–Crippen MR) is 80.9 cm³/mol. The van der Waals surface area contributed by atoms with Crippen molar-refractivity contribution in [1.82, 2.24) is 9.88 Å². The second kappa shape index (κ2) is 4.87. The Labute approximate surface area is 110 Å². The number of benzene rings is 1. The Morgan fingerprint density at radius 1 is 1.50 bits per heavy atom. The van der Waals surface area contributed by atoms with E-state index in [4.69, 9.17) is 0 Å². The van der Waals surface area contributed by atoms with Crippen LogP contribution >= 0.6 is 8.20 Å². The van der Waals surface area contributed by atoms with E-state index >= 15 is 0 Å². The van der Waals surface area contributed by atoms with Gasteiger partial charge in [0.25, 0.3) is 0 Å². The molecule has 1 fully saturated rings. The molecule has 2 heterocycles. The van der Waals surface area contributed by atoms with Gasteiger partial charge in [0.05, 0.1) is 0 Å². The number of likely N-dealkylation sites (N-methyl/N-ethyl adjacent to an activating group) is 1. The number of fused-ring (bicyclic) bond motifs is 1. The van der Waals surface area contributed by atoms with Crippen molar-refractivity contribution in [3.8, 4) is 0 Å². The Balaban J connectivity index is 2.09. The molecule has 0 bridgehead atoms. The highest BCUT2D eigenvalue weighted by atomic mass is 31.1. The van der Waals surface area contributed by atoms with Crippen LogP contribution in [0, 0.1) is 0 Å². The van der Waals surface area contributed by atoms with Crippen molar-refractivity contribution in [3.63, 3.8) is 0 Å².